The predicted molar refractivity (Wildman–Crippen MR) is 115 cm³/mol. The number of aromatic nitrogens is 3. The summed E-state index contributed by atoms with van der Waals surface area (Å²) in [5.74, 6) is -2.09. The zero-order valence-corrected chi connectivity index (χ0v) is 17.3. The molecule has 2 heterocycles. The number of amides is 1. The fraction of sp³-hybridized carbons (Fsp3) is 0.0909. The summed E-state index contributed by atoms with van der Waals surface area (Å²) in [5.41, 5.74) is 2.76. The lowest BCUT2D eigenvalue weighted by atomic mass is 10.1. The van der Waals surface area contributed by atoms with Gasteiger partial charge in [-0.3, -0.25) is 10.1 Å². The summed E-state index contributed by atoms with van der Waals surface area (Å²) in [6, 6.07) is 15.6. The van der Waals surface area contributed by atoms with Gasteiger partial charge < -0.3 is 9.63 Å². The number of hydrogen-bond donors (Lipinski definition) is 2. The van der Waals surface area contributed by atoms with Crippen LogP contribution in [0.5, 0.6) is 0 Å². The minimum absolute atomic E-state index is 0.0936. The van der Waals surface area contributed by atoms with Gasteiger partial charge in [-0.1, -0.05) is 35.0 Å². The molecule has 0 bridgehead atoms. The van der Waals surface area contributed by atoms with Crippen LogP contribution >= 0.6 is 11.6 Å². The van der Waals surface area contributed by atoms with Crippen molar-refractivity contribution < 1.29 is 19.2 Å². The largest absolute Gasteiger partial charge is 0.477 e. The number of para-hydroxylation sites is 1. The van der Waals surface area contributed by atoms with Crippen molar-refractivity contribution in [3.63, 3.8) is 0 Å². The molecule has 8 nitrogen and oxygen atoms in total. The number of carboxylic acids is 1. The number of benzene rings is 2. The standard InChI is InChI=1S/C22H17ClN4O4/c1-12-17(13(2)27(25-12)16-6-4-3-5-7-16)19-18(22(29)30)21(31-26-19)24-20(28)14-8-10-15(23)11-9-14/h3-11H,1-2H3,(H,24,28)(H,29,30). The lowest BCUT2D eigenvalue weighted by Crippen LogP contribution is -2.14. The summed E-state index contributed by atoms with van der Waals surface area (Å²) >= 11 is 5.84. The highest BCUT2D eigenvalue weighted by molar-refractivity contribution is 6.30. The Morgan fingerprint density at radius 1 is 1.06 bits per heavy atom. The van der Waals surface area contributed by atoms with Gasteiger partial charge in [0.15, 0.2) is 5.56 Å². The molecule has 156 valence electrons. The van der Waals surface area contributed by atoms with Crippen LogP contribution in [0.1, 0.15) is 32.1 Å². The lowest BCUT2D eigenvalue weighted by Gasteiger charge is -2.05. The summed E-state index contributed by atoms with van der Waals surface area (Å²) in [7, 11) is 0. The summed E-state index contributed by atoms with van der Waals surface area (Å²) < 4.78 is 6.93. The van der Waals surface area contributed by atoms with Crippen molar-refractivity contribution in [2.24, 2.45) is 0 Å². The summed E-state index contributed by atoms with van der Waals surface area (Å²) in [6.07, 6.45) is 0. The van der Waals surface area contributed by atoms with E-state index in [1.165, 1.54) is 12.1 Å². The minimum atomic E-state index is -1.28. The van der Waals surface area contributed by atoms with Crippen LogP contribution in [0.2, 0.25) is 5.02 Å². The first-order chi connectivity index (χ1) is 14.9. The second kappa shape index (κ2) is 8.08. The van der Waals surface area contributed by atoms with Gasteiger partial charge in [-0.15, -0.1) is 0 Å². The van der Waals surface area contributed by atoms with Crippen molar-refractivity contribution in [1.82, 2.24) is 14.9 Å². The molecule has 0 aliphatic heterocycles. The molecule has 0 saturated heterocycles. The number of rotatable bonds is 5. The van der Waals surface area contributed by atoms with Crippen LogP contribution in [-0.2, 0) is 0 Å². The maximum atomic E-state index is 12.5. The van der Waals surface area contributed by atoms with Gasteiger partial charge >= 0.3 is 5.97 Å². The fourth-order valence-electron chi connectivity index (χ4n) is 3.33. The third-order valence-corrected chi connectivity index (χ3v) is 5.02. The zero-order valence-electron chi connectivity index (χ0n) is 16.6. The first kappa shape index (κ1) is 20.4. The lowest BCUT2D eigenvalue weighted by molar-refractivity contribution is 0.0698. The quantitative estimate of drug-likeness (QED) is 0.467. The molecule has 4 rings (SSSR count). The predicted octanol–water partition coefficient (Wildman–Crippen LogP) is 4.75. The molecule has 0 spiro atoms. The van der Waals surface area contributed by atoms with Crippen molar-refractivity contribution in [2.45, 2.75) is 13.8 Å². The summed E-state index contributed by atoms with van der Waals surface area (Å²) in [6.45, 7) is 3.57. The molecule has 2 aromatic carbocycles. The van der Waals surface area contributed by atoms with Crippen molar-refractivity contribution in [1.29, 1.82) is 0 Å². The highest BCUT2D eigenvalue weighted by Crippen LogP contribution is 2.34. The maximum Gasteiger partial charge on any atom is 0.343 e. The number of hydrogen-bond acceptors (Lipinski definition) is 5. The Bertz CT molecular complexity index is 1280. The van der Waals surface area contributed by atoms with E-state index in [0.717, 1.165) is 5.69 Å². The number of carboxylic acid groups (broad SMARTS) is 1. The van der Waals surface area contributed by atoms with E-state index >= 15 is 0 Å². The topological polar surface area (TPSA) is 110 Å². The third-order valence-electron chi connectivity index (χ3n) is 4.77. The van der Waals surface area contributed by atoms with E-state index in [4.69, 9.17) is 16.1 Å². The van der Waals surface area contributed by atoms with Crippen molar-refractivity contribution in [2.75, 3.05) is 5.32 Å². The van der Waals surface area contributed by atoms with Gasteiger partial charge in [-0.05, 0) is 50.2 Å². The minimum Gasteiger partial charge on any atom is -0.477 e. The molecule has 31 heavy (non-hydrogen) atoms. The van der Waals surface area contributed by atoms with E-state index in [-0.39, 0.29) is 17.1 Å². The van der Waals surface area contributed by atoms with E-state index in [2.05, 4.69) is 15.6 Å². The molecule has 0 atom stereocenters. The van der Waals surface area contributed by atoms with Crippen LogP contribution in [0.4, 0.5) is 5.88 Å². The highest BCUT2D eigenvalue weighted by Gasteiger charge is 2.29. The fourth-order valence-corrected chi connectivity index (χ4v) is 3.45. The van der Waals surface area contributed by atoms with Gasteiger partial charge in [0.1, 0.15) is 5.69 Å². The molecule has 0 unspecified atom stereocenters. The van der Waals surface area contributed by atoms with Gasteiger partial charge in [0.25, 0.3) is 5.91 Å². The van der Waals surface area contributed by atoms with E-state index in [9.17, 15) is 14.7 Å². The Morgan fingerprint density at radius 2 is 1.74 bits per heavy atom. The first-order valence-corrected chi connectivity index (χ1v) is 9.66. The van der Waals surface area contributed by atoms with Crippen LogP contribution in [0.15, 0.2) is 59.1 Å². The third kappa shape index (κ3) is 3.80. The van der Waals surface area contributed by atoms with Gasteiger partial charge in [-0.2, -0.15) is 5.10 Å². The number of aryl methyl sites for hydroxylation is 1. The van der Waals surface area contributed by atoms with Gasteiger partial charge in [0.05, 0.1) is 17.1 Å². The normalized spacial score (nSPS) is 10.8. The molecule has 0 aliphatic rings. The number of nitrogens with zero attached hydrogens (tertiary/aromatic N) is 3. The molecular weight excluding hydrogens is 420 g/mol. The van der Waals surface area contributed by atoms with Crippen LogP contribution in [-0.4, -0.2) is 31.9 Å². The van der Waals surface area contributed by atoms with Gasteiger partial charge in [-0.25, -0.2) is 9.48 Å². The van der Waals surface area contributed by atoms with Crippen LogP contribution < -0.4 is 5.32 Å². The molecular formula is C22H17ClN4O4. The first-order valence-electron chi connectivity index (χ1n) is 9.28. The van der Waals surface area contributed by atoms with Crippen molar-refractivity contribution in [3.8, 4) is 16.9 Å². The number of halogens is 1. The Morgan fingerprint density at radius 3 is 2.39 bits per heavy atom. The van der Waals surface area contributed by atoms with Crippen molar-refractivity contribution in [3.05, 3.63) is 82.1 Å². The zero-order chi connectivity index (χ0) is 22.1. The second-order valence-corrected chi connectivity index (χ2v) is 7.23. The molecule has 0 fully saturated rings. The number of nitrogens with one attached hydrogen (secondary N) is 1. The number of anilines is 1. The van der Waals surface area contributed by atoms with E-state index < -0.39 is 11.9 Å². The molecule has 4 aromatic rings. The monoisotopic (exact) mass is 436 g/mol. The van der Waals surface area contributed by atoms with Crippen LogP contribution in [0, 0.1) is 13.8 Å². The molecule has 2 aromatic heterocycles. The van der Waals surface area contributed by atoms with Gasteiger partial charge in [0.2, 0.25) is 5.88 Å². The Kier molecular flexibility index (Phi) is 5.31. The van der Waals surface area contributed by atoms with E-state index in [1.807, 2.05) is 37.3 Å². The Balaban J connectivity index is 1.75. The number of carbonyl (C=O) groups excluding carboxylic acids is 1. The molecule has 0 aliphatic carbocycles. The average Bonchev–Trinajstić information content (AvgIpc) is 3.29. The molecule has 2 N–H and O–H groups in total. The second-order valence-electron chi connectivity index (χ2n) is 6.79. The molecule has 0 saturated carbocycles. The smallest absolute Gasteiger partial charge is 0.343 e. The molecule has 9 heteroatoms. The van der Waals surface area contributed by atoms with Crippen LogP contribution in [0.3, 0.4) is 0 Å². The Hall–Kier alpha value is -3.91. The number of aromatic carboxylic acids is 1. The van der Waals surface area contributed by atoms with Crippen LogP contribution in [0.25, 0.3) is 16.9 Å². The molecule has 0 radical (unpaired) electrons. The summed E-state index contributed by atoms with van der Waals surface area (Å²) in [4.78, 5) is 24.6. The van der Waals surface area contributed by atoms with Gasteiger partial charge in [0, 0.05) is 16.1 Å². The summed E-state index contributed by atoms with van der Waals surface area (Å²) in [5, 5.41) is 21.3. The highest BCUT2D eigenvalue weighted by atomic mass is 35.5. The molecule has 1 amide bonds. The van der Waals surface area contributed by atoms with E-state index in [1.54, 1.807) is 23.7 Å². The maximum absolute atomic E-state index is 12.5. The number of carbonyl (C=O) groups is 2. The van der Waals surface area contributed by atoms with E-state index in [0.29, 0.717) is 27.5 Å². The Labute approximate surface area is 182 Å². The SMILES string of the molecule is Cc1nn(-c2ccccc2)c(C)c1-c1noc(NC(=O)c2ccc(Cl)cc2)c1C(=O)O. The average molecular weight is 437 g/mol. The van der Waals surface area contributed by atoms with Crippen molar-refractivity contribution >= 4 is 29.4 Å².